The summed E-state index contributed by atoms with van der Waals surface area (Å²) in [5.41, 5.74) is 0.745. The fourth-order valence-electron chi connectivity index (χ4n) is 2.40. The number of benzene rings is 2. The van der Waals surface area contributed by atoms with E-state index in [0.717, 1.165) is 5.56 Å². The van der Waals surface area contributed by atoms with Crippen LogP contribution in [0.1, 0.15) is 31.9 Å². The van der Waals surface area contributed by atoms with Crippen molar-refractivity contribution in [3.63, 3.8) is 0 Å². The Morgan fingerprint density at radius 3 is 2.09 bits per heavy atom. The van der Waals surface area contributed by atoms with Gasteiger partial charge in [0.15, 0.2) is 0 Å². The molecule has 3 N–H and O–H groups in total. The van der Waals surface area contributed by atoms with Crippen LogP contribution in [-0.4, -0.2) is 40.4 Å². The fraction of sp³-hybridized carbons (Fsp3) is 0.318. The van der Waals surface area contributed by atoms with Crippen LogP contribution in [0, 0.1) is 0 Å². The van der Waals surface area contributed by atoms with Crippen molar-refractivity contribution < 1.29 is 90.6 Å². The second-order valence-corrected chi connectivity index (χ2v) is 7.51. The molecule has 1 amide bonds. The number of alkyl carbamates (subject to hydrolysis) is 1. The number of carbonyl (C=O) groups is 3. The van der Waals surface area contributed by atoms with Crippen LogP contribution in [0.3, 0.4) is 0 Å². The van der Waals surface area contributed by atoms with E-state index in [1.54, 1.807) is 45.0 Å². The molecular formula is C22H26KNO8. The minimum Gasteiger partial charge on any atom is -0.870 e. The van der Waals surface area contributed by atoms with E-state index >= 15 is 0 Å². The molecule has 0 aliphatic heterocycles. The molecule has 2 aromatic carbocycles. The third-order valence-electron chi connectivity index (χ3n) is 3.76. The summed E-state index contributed by atoms with van der Waals surface area (Å²) in [6, 6.07) is 14.1. The van der Waals surface area contributed by atoms with Gasteiger partial charge in [-0.05, 0) is 44.0 Å². The summed E-state index contributed by atoms with van der Waals surface area (Å²) in [5.74, 6) is -0.934. The molecular weight excluding hydrogens is 445 g/mol. The number of carboxylic acid groups (broad SMARTS) is 1. The van der Waals surface area contributed by atoms with E-state index in [4.69, 9.17) is 14.2 Å². The molecule has 0 aromatic heterocycles. The molecule has 10 heteroatoms. The Hall–Kier alpha value is -1.95. The van der Waals surface area contributed by atoms with Crippen LogP contribution < -0.4 is 61.4 Å². The third kappa shape index (κ3) is 11.6. The number of nitrogens with one attached hydrogen (secondary N) is 1. The Morgan fingerprint density at radius 1 is 0.969 bits per heavy atom. The van der Waals surface area contributed by atoms with Gasteiger partial charge < -0.3 is 30.1 Å². The van der Waals surface area contributed by atoms with Gasteiger partial charge in [-0.15, -0.1) is 0 Å². The molecule has 0 bridgehead atoms. The average Bonchev–Trinajstić information content (AvgIpc) is 2.66. The molecule has 32 heavy (non-hydrogen) atoms. The first kappa shape index (κ1) is 30.0. The molecule has 0 radical (unpaired) electrons. The average molecular weight is 472 g/mol. The number of aliphatic carboxylic acids is 1. The first-order valence-corrected chi connectivity index (χ1v) is 9.32. The number of carboxylic acids is 1. The number of carbonyl (C=O) groups excluding carboxylic acids is 2. The summed E-state index contributed by atoms with van der Waals surface area (Å²) >= 11 is 0. The quantitative estimate of drug-likeness (QED) is 0.342. The van der Waals surface area contributed by atoms with Crippen LogP contribution in [0.2, 0.25) is 0 Å². The van der Waals surface area contributed by atoms with Crippen molar-refractivity contribution >= 4 is 18.2 Å². The van der Waals surface area contributed by atoms with E-state index in [0.29, 0.717) is 5.56 Å². The maximum absolute atomic E-state index is 11.9. The summed E-state index contributed by atoms with van der Waals surface area (Å²) in [5, 5.41) is 11.7. The van der Waals surface area contributed by atoms with Gasteiger partial charge in [-0.2, -0.15) is 0 Å². The Balaban J connectivity index is 0.00000480. The van der Waals surface area contributed by atoms with Gasteiger partial charge in [0.1, 0.15) is 24.0 Å². The van der Waals surface area contributed by atoms with Crippen LogP contribution in [0.4, 0.5) is 9.59 Å². The molecule has 168 valence electrons. The van der Waals surface area contributed by atoms with Crippen molar-refractivity contribution in [1.29, 1.82) is 0 Å². The maximum Gasteiger partial charge on any atom is 1.00 e. The first-order chi connectivity index (χ1) is 14.1. The minimum absolute atomic E-state index is 0. The van der Waals surface area contributed by atoms with Gasteiger partial charge in [-0.3, -0.25) is 0 Å². The molecule has 2 aromatic rings. The molecule has 0 unspecified atom stereocenters. The van der Waals surface area contributed by atoms with Crippen LogP contribution in [0.5, 0.6) is 5.75 Å². The second-order valence-electron chi connectivity index (χ2n) is 7.51. The minimum atomic E-state index is -1.19. The summed E-state index contributed by atoms with van der Waals surface area (Å²) in [6.45, 7) is 5.21. The van der Waals surface area contributed by atoms with E-state index in [9.17, 15) is 19.5 Å². The summed E-state index contributed by atoms with van der Waals surface area (Å²) < 4.78 is 15.2. The molecule has 0 saturated heterocycles. The van der Waals surface area contributed by atoms with Gasteiger partial charge in [-0.1, -0.05) is 42.5 Å². The van der Waals surface area contributed by atoms with Crippen molar-refractivity contribution in [2.24, 2.45) is 0 Å². The SMILES string of the molecule is CC(C)(C)OC(=O)Oc1ccc(C[C@H](NC(=O)OCc2ccccc2)C(=O)O)cc1.[K+].[OH-]. The second kappa shape index (κ2) is 14.2. The topological polar surface area (TPSA) is 141 Å². The largest absolute Gasteiger partial charge is 1.00 e. The molecule has 0 fully saturated rings. The monoisotopic (exact) mass is 471 g/mol. The summed E-state index contributed by atoms with van der Waals surface area (Å²) in [4.78, 5) is 35.1. The van der Waals surface area contributed by atoms with Gasteiger partial charge in [0, 0.05) is 6.42 Å². The Labute approximate surface area is 229 Å². The van der Waals surface area contributed by atoms with Crippen LogP contribution >= 0.6 is 0 Å². The Kier molecular flexibility index (Phi) is 13.4. The number of ether oxygens (including phenoxy) is 3. The summed E-state index contributed by atoms with van der Waals surface area (Å²) in [6.07, 6.45) is -1.62. The van der Waals surface area contributed by atoms with Crippen molar-refractivity contribution in [3.8, 4) is 5.75 Å². The standard InChI is InChI=1S/C22H25NO7.K.H2O/c1-22(2,3)30-21(27)29-17-11-9-15(10-12-17)13-18(19(24)25)23-20(26)28-14-16-7-5-4-6-8-16;;/h4-12,18H,13-14H2,1-3H3,(H,23,26)(H,24,25);;1H2/q;+1;/p-1/t18-;;/m0../s1. The maximum atomic E-state index is 11.9. The zero-order valence-electron chi connectivity index (χ0n) is 18.5. The molecule has 0 aliphatic rings. The first-order valence-electron chi connectivity index (χ1n) is 9.32. The zero-order chi connectivity index (χ0) is 22.1. The molecule has 0 spiro atoms. The van der Waals surface area contributed by atoms with E-state index in [1.807, 2.05) is 18.2 Å². The van der Waals surface area contributed by atoms with E-state index in [-0.39, 0.29) is 75.6 Å². The Morgan fingerprint density at radius 2 is 1.56 bits per heavy atom. The van der Waals surface area contributed by atoms with E-state index < -0.39 is 29.9 Å². The van der Waals surface area contributed by atoms with Crippen molar-refractivity contribution in [2.45, 2.75) is 45.4 Å². The molecule has 1 atom stereocenters. The molecule has 2 rings (SSSR count). The smallest absolute Gasteiger partial charge is 0.870 e. The molecule has 0 heterocycles. The van der Waals surface area contributed by atoms with Crippen LogP contribution in [0.15, 0.2) is 54.6 Å². The Bertz CT molecular complexity index is 866. The molecule has 9 nitrogen and oxygen atoms in total. The third-order valence-corrected chi connectivity index (χ3v) is 3.76. The molecule has 0 saturated carbocycles. The number of amides is 1. The zero-order valence-corrected chi connectivity index (χ0v) is 21.7. The van der Waals surface area contributed by atoms with Gasteiger partial charge in [0.2, 0.25) is 0 Å². The van der Waals surface area contributed by atoms with Crippen LogP contribution in [0.25, 0.3) is 0 Å². The van der Waals surface area contributed by atoms with Crippen molar-refractivity contribution in [1.82, 2.24) is 5.32 Å². The summed E-state index contributed by atoms with van der Waals surface area (Å²) in [7, 11) is 0. The number of rotatable bonds is 7. The number of hydrogen-bond donors (Lipinski definition) is 2. The predicted octanol–water partition coefficient (Wildman–Crippen LogP) is 0.750. The van der Waals surface area contributed by atoms with Gasteiger partial charge in [-0.25, -0.2) is 14.4 Å². The molecule has 0 aliphatic carbocycles. The van der Waals surface area contributed by atoms with Crippen LogP contribution in [-0.2, 0) is 27.3 Å². The normalized spacial score (nSPS) is 11.1. The van der Waals surface area contributed by atoms with Crippen molar-refractivity contribution in [3.05, 3.63) is 65.7 Å². The van der Waals surface area contributed by atoms with Gasteiger partial charge in [0.25, 0.3) is 0 Å². The van der Waals surface area contributed by atoms with E-state index in [2.05, 4.69) is 5.32 Å². The number of hydrogen-bond acceptors (Lipinski definition) is 7. The van der Waals surface area contributed by atoms with E-state index in [1.165, 1.54) is 12.1 Å². The fourth-order valence-corrected chi connectivity index (χ4v) is 2.40. The van der Waals surface area contributed by atoms with Crippen molar-refractivity contribution in [2.75, 3.05) is 0 Å². The van der Waals surface area contributed by atoms with Gasteiger partial charge in [0.05, 0.1) is 0 Å². The predicted molar refractivity (Wildman–Crippen MR) is 110 cm³/mol. The van der Waals surface area contributed by atoms with Gasteiger partial charge >= 0.3 is 69.6 Å².